The number of hydrogen-bond donors (Lipinski definition) is 2. The first-order chi connectivity index (χ1) is 3.39. The van der Waals surface area contributed by atoms with Gasteiger partial charge in [0, 0.05) is 6.42 Å². The van der Waals surface area contributed by atoms with Crippen LogP contribution >= 0.6 is 0 Å². The molecule has 7 heavy (non-hydrogen) atoms. The molecule has 1 rings (SSSR count). The van der Waals surface area contributed by atoms with Crippen LogP contribution in [0.15, 0.2) is 5.10 Å². The lowest BCUT2D eigenvalue weighted by Gasteiger charge is -2.07. The van der Waals surface area contributed by atoms with Gasteiger partial charge >= 0.3 is 0 Å². The van der Waals surface area contributed by atoms with Crippen molar-refractivity contribution in [1.29, 1.82) is 0 Å². The van der Waals surface area contributed by atoms with Crippen LogP contribution in [0.4, 0.5) is 0 Å². The highest BCUT2D eigenvalue weighted by atomic mass is 16.7. The van der Waals surface area contributed by atoms with Crippen LogP contribution in [-0.2, 0) is 4.84 Å². The summed E-state index contributed by atoms with van der Waals surface area (Å²) in [4.78, 5) is 4.62. The zero-order valence-corrected chi connectivity index (χ0v) is 3.85. The number of rotatable bonds is 0. The molecule has 0 saturated heterocycles. The van der Waals surface area contributed by atoms with E-state index in [4.69, 9.17) is 5.73 Å². The Bertz CT molecular complexity index is 90.2. The van der Waals surface area contributed by atoms with Crippen LogP contribution in [0.5, 0.6) is 0 Å². The van der Waals surface area contributed by atoms with Gasteiger partial charge < -0.3 is 5.73 Å². The minimum atomic E-state index is 0.603. The van der Waals surface area contributed by atoms with E-state index < -0.39 is 0 Å². The molecule has 0 saturated carbocycles. The summed E-state index contributed by atoms with van der Waals surface area (Å²) in [5.41, 5.74) is 7.54. The van der Waals surface area contributed by atoms with Crippen LogP contribution in [0, 0.1) is 0 Å². The maximum Gasteiger partial charge on any atom is 0.124 e. The van der Waals surface area contributed by atoms with Crippen LogP contribution in [0.2, 0.25) is 0 Å². The number of nitrogens with zero attached hydrogens (tertiary/aromatic N) is 1. The Balaban J connectivity index is 2.40. The van der Waals surface area contributed by atoms with Crippen LogP contribution < -0.4 is 11.3 Å². The summed E-state index contributed by atoms with van der Waals surface area (Å²) in [5, 5.41) is 3.55. The second-order valence-electron chi connectivity index (χ2n) is 1.29. The fourth-order valence-corrected chi connectivity index (χ4v) is 0.348. The second kappa shape index (κ2) is 1.79. The van der Waals surface area contributed by atoms with Gasteiger partial charge in [0.25, 0.3) is 0 Å². The van der Waals surface area contributed by atoms with Gasteiger partial charge in [0.05, 0.1) is 6.61 Å². The van der Waals surface area contributed by atoms with Crippen molar-refractivity contribution in [3.8, 4) is 0 Å². The standard InChI is InChI=1S/C3H7N3O/c4-3-1-2-7-6-5-3/h6H,1-2H2,(H2,4,5). The van der Waals surface area contributed by atoms with Crippen molar-refractivity contribution in [2.75, 3.05) is 6.61 Å². The van der Waals surface area contributed by atoms with Crippen molar-refractivity contribution >= 4 is 5.84 Å². The van der Waals surface area contributed by atoms with E-state index >= 15 is 0 Å². The normalized spacial score (nSPS) is 20.3. The highest BCUT2D eigenvalue weighted by Gasteiger charge is 1.96. The average molecular weight is 101 g/mol. The molecule has 0 aromatic carbocycles. The molecule has 0 unspecified atom stereocenters. The van der Waals surface area contributed by atoms with E-state index in [1.54, 1.807) is 0 Å². The molecule has 0 aliphatic carbocycles. The summed E-state index contributed by atoms with van der Waals surface area (Å²) >= 11 is 0. The third-order valence-electron chi connectivity index (χ3n) is 0.714. The fourth-order valence-electron chi connectivity index (χ4n) is 0.348. The first-order valence-corrected chi connectivity index (χ1v) is 2.08. The van der Waals surface area contributed by atoms with Gasteiger partial charge in [-0.3, -0.25) is 4.84 Å². The van der Waals surface area contributed by atoms with Crippen molar-refractivity contribution < 1.29 is 4.84 Å². The Morgan fingerprint density at radius 3 is 3.00 bits per heavy atom. The predicted octanol–water partition coefficient (Wildman–Crippen LogP) is -0.817. The molecule has 1 heterocycles. The number of amidine groups is 1. The topological polar surface area (TPSA) is 59.6 Å². The van der Waals surface area contributed by atoms with Crippen LogP contribution in [0.1, 0.15) is 6.42 Å². The molecule has 3 N–H and O–H groups in total. The molecular formula is C3H7N3O. The third-order valence-corrected chi connectivity index (χ3v) is 0.714. The van der Waals surface area contributed by atoms with Gasteiger partial charge in [0.2, 0.25) is 0 Å². The Kier molecular flexibility index (Phi) is 1.12. The van der Waals surface area contributed by atoms with E-state index in [9.17, 15) is 0 Å². The lowest BCUT2D eigenvalue weighted by atomic mass is 10.4. The first kappa shape index (κ1) is 4.39. The number of hydrogen-bond acceptors (Lipinski definition) is 4. The minimum Gasteiger partial charge on any atom is -0.386 e. The summed E-state index contributed by atoms with van der Waals surface area (Å²) in [7, 11) is 0. The van der Waals surface area contributed by atoms with Crippen LogP contribution in [0.3, 0.4) is 0 Å². The maximum absolute atomic E-state index is 5.24. The van der Waals surface area contributed by atoms with Crippen molar-refractivity contribution in [3.05, 3.63) is 0 Å². The third kappa shape index (κ3) is 1.04. The molecular weight excluding hydrogens is 94.1 g/mol. The molecule has 0 radical (unpaired) electrons. The predicted molar refractivity (Wildman–Crippen MR) is 25.3 cm³/mol. The van der Waals surface area contributed by atoms with Crippen LogP contribution in [0.25, 0.3) is 0 Å². The first-order valence-electron chi connectivity index (χ1n) is 2.08. The molecule has 1 aliphatic heterocycles. The Morgan fingerprint density at radius 1 is 1.86 bits per heavy atom. The molecule has 4 nitrogen and oxygen atoms in total. The van der Waals surface area contributed by atoms with Crippen molar-refractivity contribution in [3.63, 3.8) is 0 Å². The highest BCUT2D eigenvalue weighted by Crippen LogP contribution is 1.84. The van der Waals surface area contributed by atoms with E-state index in [2.05, 4.69) is 15.5 Å². The molecule has 0 fully saturated rings. The molecule has 1 aliphatic rings. The molecule has 0 aromatic rings. The summed E-state index contributed by atoms with van der Waals surface area (Å²) in [6.07, 6.45) is 0.729. The Morgan fingerprint density at radius 2 is 2.71 bits per heavy atom. The summed E-state index contributed by atoms with van der Waals surface area (Å²) < 4.78 is 0. The largest absolute Gasteiger partial charge is 0.386 e. The van der Waals surface area contributed by atoms with E-state index in [1.807, 2.05) is 0 Å². The Hall–Kier alpha value is -0.770. The minimum absolute atomic E-state index is 0.603. The van der Waals surface area contributed by atoms with Gasteiger partial charge in [-0.15, -0.1) is 5.10 Å². The SMILES string of the molecule is NC1=NNOCC1. The van der Waals surface area contributed by atoms with E-state index in [-0.39, 0.29) is 0 Å². The molecule has 40 valence electrons. The van der Waals surface area contributed by atoms with Crippen LogP contribution in [-0.4, -0.2) is 12.4 Å². The molecule has 0 aromatic heterocycles. The van der Waals surface area contributed by atoms with Crippen molar-refractivity contribution in [2.45, 2.75) is 6.42 Å². The zero-order valence-electron chi connectivity index (χ0n) is 3.85. The number of nitrogens with two attached hydrogens (primary N) is 1. The van der Waals surface area contributed by atoms with Crippen molar-refractivity contribution in [2.24, 2.45) is 10.8 Å². The summed E-state index contributed by atoms with van der Waals surface area (Å²) in [6.45, 7) is 0.620. The van der Waals surface area contributed by atoms with Gasteiger partial charge in [-0.05, 0) is 0 Å². The lowest BCUT2D eigenvalue weighted by Crippen LogP contribution is -2.26. The quantitative estimate of drug-likeness (QED) is 0.419. The number of hydrazone groups is 1. The molecule has 0 amide bonds. The maximum atomic E-state index is 5.24. The van der Waals surface area contributed by atoms with Gasteiger partial charge in [-0.1, -0.05) is 0 Å². The van der Waals surface area contributed by atoms with Gasteiger partial charge in [0.15, 0.2) is 0 Å². The summed E-state index contributed by atoms with van der Waals surface area (Å²) in [5.74, 6) is 0.603. The van der Waals surface area contributed by atoms with Gasteiger partial charge in [0.1, 0.15) is 5.84 Å². The molecule has 0 spiro atoms. The Labute approximate surface area is 41.3 Å². The summed E-state index contributed by atoms with van der Waals surface area (Å²) in [6, 6.07) is 0. The van der Waals surface area contributed by atoms with E-state index in [0.717, 1.165) is 6.42 Å². The molecule has 4 heteroatoms. The van der Waals surface area contributed by atoms with Crippen molar-refractivity contribution in [1.82, 2.24) is 5.59 Å². The van der Waals surface area contributed by atoms with Gasteiger partial charge in [-0.25, -0.2) is 0 Å². The van der Waals surface area contributed by atoms with E-state index in [1.165, 1.54) is 0 Å². The zero-order chi connectivity index (χ0) is 5.11. The monoisotopic (exact) mass is 101 g/mol. The molecule has 0 atom stereocenters. The van der Waals surface area contributed by atoms with E-state index in [0.29, 0.717) is 12.4 Å². The second-order valence-corrected chi connectivity index (χ2v) is 1.29. The lowest BCUT2D eigenvalue weighted by molar-refractivity contribution is 0.0383. The number of nitrogens with one attached hydrogen (secondary N) is 1. The van der Waals surface area contributed by atoms with Gasteiger partial charge in [-0.2, -0.15) is 5.59 Å². The molecule has 0 bridgehead atoms. The fraction of sp³-hybridized carbons (Fsp3) is 0.667. The highest BCUT2D eigenvalue weighted by molar-refractivity contribution is 5.80. The smallest absolute Gasteiger partial charge is 0.124 e. The average Bonchev–Trinajstić information content (AvgIpc) is 1.69.